The standard InChI is InChI=1S/C15H13Cl3N2O/c1-2-19-13-6-4-3-5-9(13)15(21)20-14-8-11(17)10(16)7-12(14)18/h3-8,19H,2H2,1H3,(H,20,21). The zero-order chi connectivity index (χ0) is 15.4. The zero-order valence-corrected chi connectivity index (χ0v) is 13.5. The molecule has 6 heteroatoms. The molecule has 0 aliphatic carbocycles. The Balaban J connectivity index is 2.28. The summed E-state index contributed by atoms with van der Waals surface area (Å²) in [5.41, 5.74) is 1.71. The summed E-state index contributed by atoms with van der Waals surface area (Å²) in [4.78, 5) is 12.4. The average molecular weight is 344 g/mol. The number of carbonyl (C=O) groups excluding carboxylic acids is 1. The number of hydrogen-bond acceptors (Lipinski definition) is 2. The van der Waals surface area contributed by atoms with E-state index in [1.807, 2.05) is 19.1 Å². The van der Waals surface area contributed by atoms with Crippen molar-refractivity contribution in [1.29, 1.82) is 0 Å². The van der Waals surface area contributed by atoms with Crippen LogP contribution in [-0.4, -0.2) is 12.5 Å². The first-order valence-corrected chi connectivity index (χ1v) is 7.45. The molecule has 0 saturated carbocycles. The lowest BCUT2D eigenvalue weighted by molar-refractivity contribution is 0.102. The van der Waals surface area contributed by atoms with Crippen LogP contribution in [0.4, 0.5) is 11.4 Å². The van der Waals surface area contributed by atoms with Gasteiger partial charge in [-0.1, -0.05) is 46.9 Å². The number of para-hydroxylation sites is 1. The Morgan fingerprint density at radius 2 is 1.67 bits per heavy atom. The van der Waals surface area contributed by atoms with Gasteiger partial charge in [-0.25, -0.2) is 0 Å². The normalized spacial score (nSPS) is 10.3. The van der Waals surface area contributed by atoms with Crippen molar-refractivity contribution in [1.82, 2.24) is 0 Å². The molecule has 0 bridgehead atoms. The molecular formula is C15H13Cl3N2O. The first-order valence-electron chi connectivity index (χ1n) is 6.31. The van der Waals surface area contributed by atoms with Crippen molar-refractivity contribution >= 4 is 52.1 Å². The summed E-state index contributed by atoms with van der Waals surface area (Å²) >= 11 is 17.9. The van der Waals surface area contributed by atoms with Gasteiger partial charge in [0, 0.05) is 12.2 Å². The van der Waals surface area contributed by atoms with Gasteiger partial charge in [-0.2, -0.15) is 0 Å². The molecule has 0 aliphatic rings. The topological polar surface area (TPSA) is 41.1 Å². The largest absolute Gasteiger partial charge is 0.385 e. The van der Waals surface area contributed by atoms with Gasteiger partial charge in [-0.3, -0.25) is 4.79 Å². The molecule has 0 spiro atoms. The minimum Gasteiger partial charge on any atom is -0.385 e. The number of nitrogens with one attached hydrogen (secondary N) is 2. The molecule has 2 rings (SSSR count). The maximum atomic E-state index is 12.4. The molecule has 0 aliphatic heterocycles. The Kier molecular flexibility index (Phi) is 5.34. The molecular weight excluding hydrogens is 331 g/mol. The number of carbonyl (C=O) groups is 1. The van der Waals surface area contributed by atoms with Crippen LogP contribution in [0.1, 0.15) is 17.3 Å². The summed E-state index contributed by atoms with van der Waals surface area (Å²) in [6.07, 6.45) is 0. The molecule has 2 aromatic rings. The van der Waals surface area contributed by atoms with E-state index in [0.717, 1.165) is 12.2 Å². The number of anilines is 2. The van der Waals surface area contributed by atoms with Gasteiger partial charge in [-0.15, -0.1) is 0 Å². The van der Waals surface area contributed by atoms with Crippen LogP contribution >= 0.6 is 34.8 Å². The van der Waals surface area contributed by atoms with Crippen molar-refractivity contribution < 1.29 is 4.79 Å². The van der Waals surface area contributed by atoms with Crippen LogP contribution in [0.15, 0.2) is 36.4 Å². The molecule has 0 atom stereocenters. The van der Waals surface area contributed by atoms with E-state index < -0.39 is 0 Å². The Morgan fingerprint density at radius 3 is 2.38 bits per heavy atom. The maximum Gasteiger partial charge on any atom is 0.257 e. The van der Waals surface area contributed by atoms with Gasteiger partial charge in [0.1, 0.15) is 0 Å². The molecule has 0 fully saturated rings. The van der Waals surface area contributed by atoms with E-state index in [4.69, 9.17) is 34.8 Å². The van der Waals surface area contributed by atoms with Gasteiger partial charge >= 0.3 is 0 Å². The number of rotatable bonds is 4. The van der Waals surface area contributed by atoms with Crippen LogP contribution in [0, 0.1) is 0 Å². The van der Waals surface area contributed by atoms with Gasteiger partial charge in [-0.05, 0) is 31.2 Å². The summed E-state index contributed by atoms with van der Waals surface area (Å²) in [7, 11) is 0. The van der Waals surface area contributed by atoms with Crippen LogP contribution in [0.2, 0.25) is 15.1 Å². The first-order chi connectivity index (χ1) is 10.0. The molecule has 1 amide bonds. The van der Waals surface area contributed by atoms with Crippen molar-refractivity contribution in [3.8, 4) is 0 Å². The fourth-order valence-electron chi connectivity index (χ4n) is 1.83. The van der Waals surface area contributed by atoms with Gasteiger partial charge < -0.3 is 10.6 Å². The van der Waals surface area contributed by atoms with Gasteiger partial charge in [0.15, 0.2) is 0 Å². The van der Waals surface area contributed by atoms with E-state index in [1.54, 1.807) is 12.1 Å². The predicted molar refractivity (Wildman–Crippen MR) is 90.0 cm³/mol. The Bertz CT molecular complexity index is 674. The van der Waals surface area contributed by atoms with Crippen molar-refractivity contribution in [2.45, 2.75) is 6.92 Å². The fraction of sp³-hybridized carbons (Fsp3) is 0.133. The minimum atomic E-state index is -0.271. The first kappa shape index (κ1) is 16.0. The van der Waals surface area contributed by atoms with Crippen LogP contribution < -0.4 is 10.6 Å². The highest BCUT2D eigenvalue weighted by Gasteiger charge is 2.13. The van der Waals surface area contributed by atoms with E-state index in [-0.39, 0.29) is 5.91 Å². The number of hydrogen-bond donors (Lipinski definition) is 2. The summed E-state index contributed by atoms with van der Waals surface area (Å²) in [5, 5.41) is 6.88. The molecule has 21 heavy (non-hydrogen) atoms. The van der Waals surface area contributed by atoms with E-state index in [9.17, 15) is 4.79 Å². The third kappa shape index (κ3) is 3.82. The van der Waals surface area contributed by atoms with Gasteiger partial charge in [0.05, 0.1) is 26.3 Å². The Hall–Kier alpha value is -1.42. The molecule has 0 saturated heterocycles. The van der Waals surface area contributed by atoms with Gasteiger partial charge in [0.25, 0.3) is 5.91 Å². The molecule has 2 aromatic carbocycles. The number of halogens is 3. The second kappa shape index (κ2) is 7.03. The van der Waals surface area contributed by atoms with Crippen LogP contribution in [0.5, 0.6) is 0 Å². The van der Waals surface area contributed by atoms with Crippen molar-refractivity contribution in [3.05, 3.63) is 57.0 Å². The predicted octanol–water partition coefficient (Wildman–Crippen LogP) is 5.33. The average Bonchev–Trinajstić information content (AvgIpc) is 2.45. The summed E-state index contributed by atoms with van der Waals surface area (Å²) in [5.74, 6) is -0.271. The fourth-order valence-corrected chi connectivity index (χ4v) is 2.43. The molecule has 0 aromatic heterocycles. The highest BCUT2D eigenvalue weighted by molar-refractivity contribution is 6.44. The Morgan fingerprint density at radius 1 is 1.00 bits per heavy atom. The van der Waals surface area contributed by atoms with Crippen LogP contribution in [0.3, 0.4) is 0 Å². The monoisotopic (exact) mass is 342 g/mol. The van der Waals surface area contributed by atoms with Crippen molar-refractivity contribution in [3.63, 3.8) is 0 Å². The van der Waals surface area contributed by atoms with E-state index >= 15 is 0 Å². The summed E-state index contributed by atoms with van der Waals surface area (Å²) in [6.45, 7) is 2.68. The Labute approximate surface area is 138 Å². The summed E-state index contributed by atoms with van der Waals surface area (Å²) in [6, 6.07) is 10.3. The summed E-state index contributed by atoms with van der Waals surface area (Å²) < 4.78 is 0. The zero-order valence-electron chi connectivity index (χ0n) is 11.2. The van der Waals surface area contributed by atoms with Crippen LogP contribution in [-0.2, 0) is 0 Å². The van der Waals surface area contributed by atoms with Crippen molar-refractivity contribution in [2.75, 3.05) is 17.2 Å². The van der Waals surface area contributed by atoms with E-state index in [2.05, 4.69) is 10.6 Å². The highest BCUT2D eigenvalue weighted by Crippen LogP contribution is 2.32. The molecule has 0 unspecified atom stereocenters. The molecule has 0 radical (unpaired) electrons. The quantitative estimate of drug-likeness (QED) is 0.737. The minimum absolute atomic E-state index is 0.271. The molecule has 2 N–H and O–H groups in total. The maximum absolute atomic E-state index is 12.4. The van der Waals surface area contributed by atoms with E-state index in [1.165, 1.54) is 12.1 Å². The van der Waals surface area contributed by atoms with Crippen LogP contribution in [0.25, 0.3) is 0 Å². The second-order valence-corrected chi connectivity index (χ2v) is 5.50. The smallest absolute Gasteiger partial charge is 0.257 e. The second-order valence-electron chi connectivity index (χ2n) is 4.28. The van der Waals surface area contributed by atoms with Crippen molar-refractivity contribution in [2.24, 2.45) is 0 Å². The molecule has 3 nitrogen and oxygen atoms in total. The SMILES string of the molecule is CCNc1ccccc1C(=O)Nc1cc(Cl)c(Cl)cc1Cl. The number of benzene rings is 2. The highest BCUT2D eigenvalue weighted by atomic mass is 35.5. The lowest BCUT2D eigenvalue weighted by Crippen LogP contribution is -2.15. The van der Waals surface area contributed by atoms with Gasteiger partial charge in [0.2, 0.25) is 0 Å². The number of amides is 1. The molecule has 110 valence electrons. The lowest BCUT2D eigenvalue weighted by Gasteiger charge is -2.12. The third-order valence-corrected chi connectivity index (χ3v) is 3.83. The lowest BCUT2D eigenvalue weighted by atomic mass is 10.1. The third-order valence-electron chi connectivity index (χ3n) is 2.80. The molecule has 0 heterocycles. The van der Waals surface area contributed by atoms with E-state index in [0.29, 0.717) is 26.3 Å².